The van der Waals surface area contributed by atoms with Crippen LogP contribution in [0.15, 0.2) is 33.2 Å². The largest absolute Gasteiger partial charge is 0.466 e. The minimum atomic E-state index is -0.171. The molecule has 0 aliphatic carbocycles. The lowest BCUT2D eigenvalue weighted by molar-refractivity contribution is 0.0939. The van der Waals surface area contributed by atoms with Gasteiger partial charge in [0.2, 0.25) is 0 Å². The molecule has 1 atom stereocenters. The van der Waals surface area contributed by atoms with Gasteiger partial charge in [-0.1, -0.05) is 0 Å². The van der Waals surface area contributed by atoms with Crippen LogP contribution in [0.4, 0.5) is 5.69 Å². The summed E-state index contributed by atoms with van der Waals surface area (Å²) in [6.45, 7) is 5.70. The van der Waals surface area contributed by atoms with Gasteiger partial charge in [-0.3, -0.25) is 4.79 Å². The van der Waals surface area contributed by atoms with Crippen LogP contribution in [0, 0.1) is 13.8 Å². The first-order valence-corrected chi connectivity index (χ1v) is 7.10. The van der Waals surface area contributed by atoms with Crippen molar-refractivity contribution in [3.63, 3.8) is 0 Å². The monoisotopic (exact) mass is 336 g/mol. The fraction of sp³-hybridized carbons (Fsp3) is 0.267. The first kappa shape index (κ1) is 14.7. The highest BCUT2D eigenvalue weighted by atomic mass is 79.9. The van der Waals surface area contributed by atoms with E-state index in [1.807, 2.05) is 26.8 Å². The van der Waals surface area contributed by atoms with Gasteiger partial charge in [0.15, 0.2) is 0 Å². The number of carbonyl (C=O) groups excluding carboxylic acids is 1. The third-order valence-corrected chi connectivity index (χ3v) is 3.82. The molecule has 0 fully saturated rings. The van der Waals surface area contributed by atoms with Gasteiger partial charge in [-0.25, -0.2) is 0 Å². The third kappa shape index (κ3) is 3.04. The van der Waals surface area contributed by atoms with Crippen LogP contribution in [0.1, 0.15) is 40.4 Å². The van der Waals surface area contributed by atoms with E-state index < -0.39 is 0 Å². The van der Waals surface area contributed by atoms with Gasteiger partial charge < -0.3 is 15.5 Å². The number of furan rings is 1. The van der Waals surface area contributed by atoms with E-state index in [4.69, 9.17) is 10.2 Å². The number of nitrogens with one attached hydrogen (secondary N) is 1. The summed E-state index contributed by atoms with van der Waals surface area (Å²) in [5.74, 6) is 1.49. The van der Waals surface area contributed by atoms with Crippen LogP contribution in [0.5, 0.6) is 0 Å². The molecule has 3 N–H and O–H groups in total. The van der Waals surface area contributed by atoms with Crippen molar-refractivity contribution in [3.8, 4) is 0 Å². The number of hydrogen-bond acceptors (Lipinski definition) is 3. The van der Waals surface area contributed by atoms with E-state index in [0.29, 0.717) is 11.3 Å². The van der Waals surface area contributed by atoms with Crippen molar-refractivity contribution in [1.82, 2.24) is 5.32 Å². The Morgan fingerprint density at radius 1 is 1.35 bits per heavy atom. The van der Waals surface area contributed by atoms with E-state index in [2.05, 4.69) is 21.2 Å². The van der Waals surface area contributed by atoms with Crippen molar-refractivity contribution in [2.75, 3.05) is 5.73 Å². The summed E-state index contributed by atoms with van der Waals surface area (Å²) in [4.78, 5) is 12.3. The van der Waals surface area contributed by atoms with E-state index >= 15 is 0 Å². The summed E-state index contributed by atoms with van der Waals surface area (Å²) in [6, 6.07) is 6.97. The molecular formula is C15H17BrN2O2. The molecule has 0 aliphatic rings. The van der Waals surface area contributed by atoms with E-state index in [9.17, 15) is 4.79 Å². The lowest BCUT2D eigenvalue weighted by Crippen LogP contribution is -2.27. The average molecular weight is 337 g/mol. The van der Waals surface area contributed by atoms with Crippen molar-refractivity contribution >= 4 is 27.5 Å². The van der Waals surface area contributed by atoms with Gasteiger partial charge in [0, 0.05) is 15.7 Å². The maximum atomic E-state index is 12.3. The highest BCUT2D eigenvalue weighted by Gasteiger charge is 2.17. The molecule has 1 heterocycles. The lowest BCUT2D eigenvalue weighted by atomic mass is 10.1. The normalized spacial score (nSPS) is 12.2. The van der Waals surface area contributed by atoms with Crippen LogP contribution in [-0.2, 0) is 0 Å². The molecule has 0 radical (unpaired) electrons. The number of nitrogens with two attached hydrogens (primary N) is 1. The van der Waals surface area contributed by atoms with Crippen LogP contribution in [0.25, 0.3) is 0 Å². The number of rotatable bonds is 3. The summed E-state index contributed by atoms with van der Waals surface area (Å²) >= 11 is 3.36. The molecule has 1 aromatic heterocycles. The second kappa shape index (κ2) is 5.71. The van der Waals surface area contributed by atoms with Gasteiger partial charge >= 0.3 is 0 Å². The van der Waals surface area contributed by atoms with Crippen molar-refractivity contribution in [2.24, 2.45) is 0 Å². The minimum Gasteiger partial charge on any atom is -0.466 e. The predicted octanol–water partition coefficient (Wildman–Crippen LogP) is 3.73. The molecule has 1 aromatic carbocycles. The highest BCUT2D eigenvalue weighted by Crippen LogP contribution is 2.23. The Morgan fingerprint density at radius 3 is 2.65 bits per heavy atom. The van der Waals surface area contributed by atoms with Gasteiger partial charge in [0.25, 0.3) is 5.91 Å². The Hall–Kier alpha value is -1.75. The fourth-order valence-electron chi connectivity index (χ4n) is 2.15. The number of aryl methyl sites for hydroxylation is 2. The SMILES string of the molecule is Cc1cc(C(C)NC(=O)c2cc(N)ccc2Br)c(C)o1. The topological polar surface area (TPSA) is 68.3 Å². The van der Waals surface area contributed by atoms with E-state index in [1.54, 1.807) is 18.2 Å². The molecule has 2 rings (SSSR count). The first-order valence-electron chi connectivity index (χ1n) is 6.31. The smallest absolute Gasteiger partial charge is 0.252 e. The average Bonchev–Trinajstić information content (AvgIpc) is 2.71. The summed E-state index contributed by atoms with van der Waals surface area (Å²) in [5, 5.41) is 2.95. The number of halogens is 1. The number of hydrogen-bond donors (Lipinski definition) is 2. The Kier molecular flexibility index (Phi) is 4.18. The highest BCUT2D eigenvalue weighted by molar-refractivity contribution is 9.10. The Bertz CT molecular complexity index is 649. The number of carbonyl (C=O) groups is 1. The molecule has 2 aromatic rings. The molecular weight excluding hydrogens is 320 g/mol. The van der Waals surface area contributed by atoms with Gasteiger partial charge in [0.05, 0.1) is 11.6 Å². The summed E-state index contributed by atoms with van der Waals surface area (Å²) in [7, 11) is 0. The van der Waals surface area contributed by atoms with Gasteiger partial charge in [-0.05, 0) is 61.0 Å². The number of benzene rings is 1. The van der Waals surface area contributed by atoms with E-state index in [1.165, 1.54) is 0 Å². The van der Waals surface area contributed by atoms with Crippen LogP contribution < -0.4 is 11.1 Å². The maximum Gasteiger partial charge on any atom is 0.252 e. The van der Waals surface area contributed by atoms with Crippen LogP contribution in [-0.4, -0.2) is 5.91 Å². The maximum absolute atomic E-state index is 12.3. The Morgan fingerprint density at radius 2 is 2.05 bits per heavy atom. The molecule has 20 heavy (non-hydrogen) atoms. The summed E-state index contributed by atoms with van der Waals surface area (Å²) < 4.78 is 6.20. The standard InChI is InChI=1S/C15H17BrN2O2/c1-8-6-12(10(3)20-8)9(2)18-15(19)13-7-11(17)4-5-14(13)16/h4-7,9H,17H2,1-3H3,(H,18,19). The molecule has 1 unspecified atom stereocenters. The number of amides is 1. The zero-order valence-electron chi connectivity index (χ0n) is 11.7. The fourth-order valence-corrected chi connectivity index (χ4v) is 2.58. The second-order valence-electron chi connectivity index (χ2n) is 4.80. The lowest BCUT2D eigenvalue weighted by Gasteiger charge is -2.14. The zero-order chi connectivity index (χ0) is 14.9. The molecule has 1 amide bonds. The summed E-state index contributed by atoms with van der Waals surface area (Å²) in [5.41, 5.74) is 7.78. The van der Waals surface area contributed by atoms with Gasteiger partial charge in [-0.2, -0.15) is 0 Å². The first-order chi connectivity index (χ1) is 9.38. The molecule has 5 heteroatoms. The predicted molar refractivity (Wildman–Crippen MR) is 82.6 cm³/mol. The van der Waals surface area contributed by atoms with Crippen molar-refractivity contribution in [2.45, 2.75) is 26.8 Å². The molecule has 0 aliphatic heterocycles. The molecule has 0 bridgehead atoms. The Labute approximate surface area is 126 Å². The third-order valence-electron chi connectivity index (χ3n) is 3.13. The molecule has 0 saturated heterocycles. The van der Waals surface area contributed by atoms with Gasteiger partial charge in [0.1, 0.15) is 11.5 Å². The van der Waals surface area contributed by atoms with Gasteiger partial charge in [-0.15, -0.1) is 0 Å². The van der Waals surface area contributed by atoms with Crippen LogP contribution >= 0.6 is 15.9 Å². The molecule has 0 spiro atoms. The number of nitrogen functional groups attached to an aromatic ring is 1. The van der Waals surface area contributed by atoms with Crippen molar-refractivity contribution in [1.29, 1.82) is 0 Å². The molecule has 4 nitrogen and oxygen atoms in total. The van der Waals surface area contributed by atoms with Crippen LogP contribution in [0.3, 0.4) is 0 Å². The van der Waals surface area contributed by atoms with Crippen molar-refractivity contribution in [3.05, 3.63) is 51.4 Å². The molecule has 106 valence electrons. The van der Waals surface area contributed by atoms with Crippen LogP contribution in [0.2, 0.25) is 0 Å². The number of anilines is 1. The van der Waals surface area contributed by atoms with E-state index in [-0.39, 0.29) is 11.9 Å². The van der Waals surface area contributed by atoms with E-state index in [0.717, 1.165) is 21.6 Å². The molecule has 0 saturated carbocycles. The van der Waals surface area contributed by atoms with Crippen molar-refractivity contribution < 1.29 is 9.21 Å². The summed E-state index contributed by atoms with van der Waals surface area (Å²) in [6.07, 6.45) is 0. The zero-order valence-corrected chi connectivity index (χ0v) is 13.2. The minimum absolute atomic E-state index is 0.131. The second-order valence-corrected chi connectivity index (χ2v) is 5.66. The Balaban J connectivity index is 2.19. The quantitative estimate of drug-likeness (QED) is 0.839.